The highest BCUT2D eigenvalue weighted by Crippen LogP contribution is 2.06. The number of carbonyl (C=O) groups excluding carboxylic acids is 4. The number of aromatic amines is 2. The van der Waals surface area contributed by atoms with E-state index in [4.69, 9.17) is 11.5 Å². The average Bonchev–Trinajstić information content (AvgIpc) is 3.62. The molecular weight excluding hydrogens is 522 g/mol. The Hall–Kier alpha value is -5.05. The molecule has 0 spiro atoms. The number of carboxylic acid groups (broad SMARTS) is 1. The lowest BCUT2D eigenvalue weighted by Gasteiger charge is -2.25. The van der Waals surface area contributed by atoms with Crippen molar-refractivity contribution in [2.24, 2.45) is 11.5 Å². The molecule has 0 fully saturated rings. The minimum atomic E-state index is -1.61. The van der Waals surface area contributed by atoms with Crippen molar-refractivity contribution in [3.63, 3.8) is 0 Å². The number of carboxylic acids is 1. The van der Waals surface area contributed by atoms with E-state index in [-0.39, 0.29) is 19.3 Å². The summed E-state index contributed by atoms with van der Waals surface area (Å²) < 4.78 is 0. The van der Waals surface area contributed by atoms with Crippen molar-refractivity contribution in [1.29, 1.82) is 0 Å². The SMILES string of the molecule is NC(=O)CC(NC(=O)C(Cc1cnc[nH]1)NC(=O)C(Cc1cnc[nH]1)NC(=O)C(N)Cc1ccccc1)C(=O)O. The second-order valence-corrected chi connectivity index (χ2v) is 9.05. The number of hydrogen-bond acceptors (Lipinski definition) is 8. The highest BCUT2D eigenvalue weighted by molar-refractivity contribution is 5.95. The van der Waals surface area contributed by atoms with E-state index in [1.165, 1.54) is 25.0 Å². The van der Waals surface area contributed by atoms with E-state index in [2.05, 4.69) is 35.9 Å². The number of imidazole rings is 2. The number of aromatic nitrogens is 4. The third-order valence-electron chi connectivity index (χ3n) is 5.88. The van der Waals surface area contributed by atoms with Crippen LogP contribution in [0.5, 0.6) is 0 Å². The zero-order chi connectivity index (χ0) is 29.1. The molecule has 0 radical (unpaired) electrons. The third-order valence-corrected chi connectivity index (χ3v) is 5.88. The van der Waals surface area contributed by atoms with E-state index in [9.17, 15) is 29.1 Å². The number of hydrogen-bond donors (Lipinski definition) is 8. The number of benzene rings is 1. The van der Waals surface area contributed by atoms with Gasteiger partial charge in [-0.15, -0.1) is 0 Å². The van der Waals surface area contributed by atoms with Crippen LogP contribution in [-0.2, 0) is 43.2 Å². The number of amides is 4. The summed E-state index contributed by atoms with van der Waals surface area (Å²) in [6.07, 6.45) is 5.16. The molecule has 3 rings (SSSR count). The van der Waals surface area contributed by atoms with E-state index in [0.29, 0.717) is 11.4 Å². The van der Waals surface area contributed by atoms with Crippen molar-refractivity contribution >= 4 is 29.6 Å². The van der Waals surface area contributed by atoms with Crippen LogP contribution in [0.3, 0.4) is 0 Å². The topological polar surface area (TPSA) is 251 Å². The van der Waals surface area contributed by atoms with Gasteiger partial charge in [-0.25, -0.2) is 14.8 Å². The van der Waals surface area contributed by atoms with Crippen LogP contribution in [0, 0.1) is 0 Å². The summed E-state index contributed by atoms with van der Waals surface area (Å²) in [5.41, 5.74) is 13.0. The normalized spacial score (nSPS) is 13.8. The Morgan fingerprint density at radius 2 is 1.27 bits per heavy atom. The van der Waals surface area contributed by atoms with Crippen LogP contribution in [0.2, 0.25) is 0 Å². The van der Waals surface area contributed by atoms with E-state index < -0.39 is 60.2 Å². The Morgan fingerprint density at radius 3 is 1.73 bits per heavy atom. The Morgan fingerprint density at radius 1 is 0.775 bits per heavy atom. The first-order valence-electron chi connectivity index (χ1n) is 12.3. The molecular formula is C25H31N9O6. The molecule has 15 heteroatoms. The second kappa shape index (κ2) is 14.2. The van der Waals surface area contributed by atoms with E-state index in [1.807, 2.05) is 30.3 Å². The Bertz CT molecular complexity index is 1280. The summed E-state index contributed by atoms with van der Waals surface area (Å²) in [5.74, 6) is -4.63. The van der Waals surface area contributed by atoms with Crippen LogP contribution in [0.1, 0.15) is 23.4 Å². The Balaban J connectivity index is 1.77. The monoisotopic (exact) mass is 553 g/mol. The predicted molar refractivity (Wildman–Crippen MR) is 140 cm³/mol. The van der Waals surface area contributed by atoms with Gasteiger partial charge in [-0.05, 0) is 12.0 Å². The van der Waals surface area contributed by atoms with Gasteiger partial charge in [0.25, 0.3) is 0 Å². The Kier molecular flexibility index (Phi) is 10.5. The molecule has 3 aromatic rings. The number of aliphatic carboxylic acids is 1. The van der Waals surface area contributed by atoms with Gasteiger partial charge in [0.05, 0.1) is 25.1 Å². The number of nitrogens with zero attached hydrogens (tertiary/aromatic N) is 2. The van der Waals surface area contributed by atoms with Gasteiger partial charge in [0.2, 0.25) is 23.6 Å². The number of nitrogens with one attached hydrogen (secondary N) is 5. The fraction of sp³-hybridized carbons (Fsp3) is 0.320. The van der Waals surface area contributed by atoms with Gasteiger partial charge < -0.3 is 42.5 Å². The molecule has 2 heterocycles. The first kappa shape index (κ1) is 29.5. The van der Waals surface area contributed by atoms with Gasteiger partial charge in [-0.3, -0.25) is 19.2 Å². The van der Waals surface area contributed by atoms with Crippen LogP contribution < -0.4 is 27.4 Å². The summed E-state index contributed by atoms with van der Waals surface area (Å²) in [6.45, 7) is 0. The molecule has 0 aliphatic heterocycles. The van der Waals surface area contributed by atoms with Crippen molar-refractivity contribution in [3.05, 3.63) is 72.3 Å². The smallest absolute Gasteiger partial charge is 0.326 e. The number of nitrogens with two attached hydrogens (primary N) is 2. The molecule has 15 nitrogen and oxygen atoms in total. The van der Waals surface area contributed by atoms with Crippen LogP contribution >= 0.6 is 0 Å². The summed E-state index contributed by atoms with van der Waals surface area (Å²) in [4.78, 5) is 75.7. The first-order chi connectivity index (χ1) is 19.1. The lowest BCUT2D eigenvalue weighted by molar-refractivity contribution is -0.143. The molecule has 212 valence electrons. The fourth-order valence-corrected chi connectivity index (χ4v) is 3.84. The molecule has 40 heavy (non-hydrogen) atoms. The quantitative estimate of drug-likeness (QED) is 0.102. The molecule has 0 saturated heterocycles. The lowest BCUT2D eigenvalue weighted by Crippen LogP contribution is -2.58. The average molecular weight is 554 g/mol. The van der Waals surface area contributed by atoms with E-state index >= 15 is 0 Å². The molecule has 0 aliphatic carbocycles. The van der Waals surface area contributed by atoms with Crippen LogP contribution in [0.4, 0.5) is 0 Å². The van der Waals surface area contributed by atoms with Crippen LogP contribution in [0.15, 0.2) is 55.4 Å². The fourth-order valence-electron chi connectivity index (χ4n) is 3.84. The standard InChI is InChI=1S/C25H31N9O6/c26-17(6-14-4-2-1-3-5-14)22(36)32-18(7-15-10-28-12-30-15)23(37)33-19(8-16-11-29-13-31-16)24(38)34-20(25(39)40)9-21(27)35/h1-5,10-13,17-20H,6-9,26H2,(H2,27,35)(H,28,30)(H,29,31)(H,32,36)(H,33,37)(H,34,38)(H,39,40). The van der Waals surface area contributed by atoms with E-state index in [0.717, 1.165) is 5.56 Å². The van der Waals surface area contributed by atoms with Crippen LogP contribution in [-0.4, -0.2) is 78.8 Å². The zero-order valence-electron chi connectivity index (χ0n) is 21.4. The first-order valence-corrected chi connectivity index (χ1v) is 12.3. The summed E-state index contributed by atoms with van der Waals surface area (Å²) in [7, 11) is 0. The number of primary amides is 1. The number of H-pyrrole nitrogens is 2. The van der Waals surface area contributed by atoms with Crippen molar-refractivity contribution < 1.29 is 29.1 Å². The molecule has 0 saturated carbocycles. The number of carbonyl (C=O) groups is 5. The second-order valence-electron chi connectivity index (χ2n) is 9.05. The molecule has 4 atom stereocenters. The molecule has 0 bridgehead atoms. The Labute approximate surface area is 228 Å². The molecule has 0 aliphatic rings. The maximum atomic E-state index is 13.4. The highest BCUT2D eigenvalue weighted by atomic mass is 16.4. The zero-order valence-corrected chi connectivity index (χ0v) is 21.4. The molecule has 4 amide bonds. The summed E-state index contributed by atoms with van der Waals surface area (Å²) in [5, 5.41) is 16.8. The highest BCUT2D eigenvalue weighted by Gasteiger charge is 2.31. The van der Waals surface area contributed by atoms with Gasteiger partial charge in [0.15, 0.2) is 0 Å². The predicted octanol–water partition coefficient (Wildman–Crippen LogP) is -2.10. The van der Waals surface area contributed by atoms with Gasteiger partial charge in [-0.2, -0.15) is 0 Å². The van der Waals surface area contributed by atoms with Crippen molar-refractivity contribution in [2.75, 3.05) is 0 Å². The van der Waals surface area contributed by atoms with Crippen molar-refractivity contribution in [3.8, 4) is 0 Å². The minimum absolute atomic E-state index is 0.00649. The largest absolute Gasteiger partial charge is 0.480 e. The molecule has 1 aromatic carbocycles. The third kappa shape index (κ3) is 9.05. The molecule has 10 N–H and O–H groups in total. The van der Waals surface area contributed by atoms with Gasteiger partial charge in [-0.1, -0.05) is 30.3 Å². The van der Waals surface area contributed by atoms with Crippen molar-refractivity contribution in [1.82, 2.24) is 35.9 Å². The van der Waals surface area contributed by atoms with Gasteiger partial charge in [0, 0.05) is 36.6 Å². The molecule has 2 aromatic heterocycles. The van der Waals surface area contributed by atoms with Gasteiger partial charge in [0.1, 0.15) is 18.1 Å². The minimum Gasteiger partial charge on any atom is -0.480 e. The summed E-state index contributed by atoms with van der Waals surface area (Å²) >= 11 is 0. The molecule has 4 unspecified atom stereocenters. The maximum Gasteiger partial charge on any atom is 0.326 e. The maximum absolute atomic E-state index is 13.4. The van der Waals surface area contributed by atoms with Gasteiger partial charge >= 0.3 is 5.97 Å². The van der Waals surface area contributed by atoms with Crippen LogP contribution in [0.25, 0.3) is 0 Å². The number of rotatable bonds is 15. The summed E-state index contributed by atoms with van der Waals surface area (Å²) in [6, 6.07) is 4.07. The lowest BCUT2D eigenvalue weighted by atomic mass is 10.0. The van der Waals surface area contributed by atoms with Crippen molar-refractivity contribution in [2.45, 2.75) is 49.9 Å². The van der Waals surface area contributed by atoms with E-state index in [1.54, 1.807) is 0 Å².